The standard InChI is InChI=1S/C14H14ClN3O3S2/c1-23(20,21)18-11-6-9(4-5-10(11)15)13(19)17-14-16-12(7-22-14)8-2-3-8/h4-8,18H,2-3H2,1H3,(H,16,17,19). The van der Waals surface area contributed by atoms with Crippen LogP contribution in [0.15, 0.2) is 23.6 Å². The monoisotopic (exact) mass is 371 g/mol. The summed E-state index contributed by atoms with van der Waals surface area (Å²) in [6.07, 6.45) is 3.31. The van der Waals surface area contributed by atoms with Crippen LogP contribution >= 0.6 is 22.9 Å². The van der Waals surface area contributed by atoms with Gasteiger partial charge in [0.2, 0.25) is 10.0 Å². The number of amides is 1. The zero-order chi connectivity index (χ0) is 16.6. The molecule has 1 aliphatic carbocycles. The molecule has 3 rings (SSSR count). The van der Waals surface area contributed by atoms with Gasteiger partial charge in [-0.15, -0.1) is 11.3 Å². The Kier molecular flexibility index (Phi) is 4.31. The number of thiazole rings is 1. The van der Waals surface area contributed by atoms with Gasteiger partial charge in [0.1, 0.15) is 0 Å². The van der Waals surface area contributed by atoms with Crippen LogP contribution in [0.2, 0.25) is 5.02 Å². The van der Waals surface area contributed by atoms with Gasteiger partial charge in [0.25, 0.3) is 5.91 Å². The highest BCUT2D eigenvalue weighted by Gasteiger charge is 2.26. The van der Waals surface area contributed by atoms with E-state index in [4.69, 9.17) is 11.6 Å². The van der Waals surface area contributed by atoms with Crippen molar-refractivity contribution in [1.29, 1.82) is 0 Å². The third kappa shape index (κ3) is 4.21. The third-order valence-electron chi connectivity index (χ3n) is 3.26. The summed E-state index contributed by atoms with van der Waals surface area (Å²) in [6.45, 7) is 0. The van der Waals surface area contributed by atoms with Crippen molar-refractivity contribution in [3.05, 3.63) is 39.9 Å². The normalized spacial score (nSPS) is 14.5. The molecular formula is C14H14ClN3O3S2. The Morgan fingerprint density at radius 2 is 2.13 bits per heavy atom. The molecule has 0 unspecified atom stereocenters. The summed E-state index contributed by atoms with van der Waals surface area (Å²) in [5, 5.41) is 5.42. The molecule has 23 heavy (non-hydrogen) atoms. The fourth-order valence-electron chi connectivity index (χ4n) is 2.02. The lowest BCUT2D eigenvalue weighted by Gasteiger charge is -2.08. The molecule has 1 aromatic carbocycles. The number of hydrogen-bond acceptors (Lipinski definition) is 5. The summed E-state index contributed by atoms with van der Waals surface area (Å²) >= 11 is 7.32. The first-order valence-corrected chi connectivity index (χ1v) is 10.0. The lowest BCUT2D eigenvalue weighted by molar-refractivity contribution is 0.102. The predicted octanol–water partition coefficient (Wildman–Crippen LogP) is 3.30. The molecule has 122 valence electrons. The van der Waals surface area contributed by atoms with E-state index in [0.717, 1.165) is 24.8 Å². The quantitative estimate of drug-likeness (QED) is 0.844. The zero-order valence-corrected chi connectivity index (χ0v) is 14.6. The van der Waals surface area contributed by atoms with E-state index in [0.29, 0.717) is 16.6 Å². The van der Waals surface area contributed by atoms with Crippen LogP contribution in [-0.4, -0.2) is 25.6 Å². The lowest BCUT2D eigenvalue weighted by Crippen LogP contribution is -2.14. The average Bonchev–Trinajstić information content (AvgIpc) is 3.20. The number of aromatic nitrogens is 1. The highest BCUT2D eigenvalue weighted by molar-refractivity contribution is 7.92. The molecule has 0 radical (unpaired) electrons. The van der Waals surface area contributed by atoms with Gasteiger partial charge in [-0.05, 0) is 31.0 Å². The number of benzene rings is 1. The third-order valence-corrected chi connectivity index (χ3v) is 4.96. The van der Waals surface area contributed by atoms with Crippen LogP contribution in [0.3, 0.4) is 0 Å². The Bertz CT molecular complexity index is 860. The van der Waals surface area contributed by atoms with Gasteiger partial charge in [0, 0.05) is 16.9 Å². The molecule has 1 heterocycles. The number of carbonyl (C=O) groups excluding carboxylic acids is 1. The minimum atomic E-state index is -3.48. The van der Waals surface area contributed by atoms with Crippen LogP contribution in [0.5, 0.6) is 0 Å². The number of anilines is 2. The van der Waals surface area contributed by atoms with Crippen molar-refractivity contribution in [2.75, 3.05) is 16.3 Å². The maximum absolute atomic E-state index is 12.3. The maximum atomic E-state index is 12.3. The van der Waals surface area contributed by atoms with Crippen molar-refractivity contribution in [3.63, 3.8) is 0 Å². The molecule has 9 heteroatoms. The summed E-state index contributed by atoms with van der Waals surface area (Å²) in [5.74, 6) is 0.160. The van der Waals surface area contributed by atoms with Crippen molar-refractivity contribution in [2.24, 2.45) is 0 Å². The number of sulfonamides is 1. The second-order valence-electron chi connectivity index (χ2n) is 5.37. The number of nitrogens with one attached hydrogen (secondary N) is 2. The van der Waals surface area contributed by atoms with Crippen molar-refractivity contribution < 1.29 is 13.2 Å². The highest BCUT2D eigenvalue weighted by Crippen LogP contribution is 2.40. The molecule has 1 saturated carbocycles. The summed E-state index contributed by atoms with van der Waals surface area (Å²) in [5.41, 5.74) is 1.48. The Labute approximate surface area is 142 Å². The molecular weight excluding hydrogens is 358 g/mol. The molecule has 0 bridgehead atoms. The number of nitrogens with zero attached hydrogens (tertiary/aromatic N) is 1. The first-order valence-electron chi connectivity index (χ1n) is 6.86. The molecule has 2 aromatic rings. The van der Waals surface area contributed by atoms with Crippen molar-refractivity contribution in [1.82, 2.24) is 4.98 Å². The fourth-order valence-corrected chi connectivity index (χ4v) is 3.60. The van der Waals surface area contributed by atoms with Gasteiger partial charge in [0.05, 0.1) is 22.7 Å². The first kappa shape index (κ1) is 16.2. The van der Waals surface area contributed by atoms with E-state index < -0.39 is 10.0 Å². The topological polar surface area (TPSA) is 88.2 Å². The Balaban J connectivity index is 1.77. The Hall–Kier alpha value is -1.64. The first-order chi connectivity index (χ1) is 10.8. The van der Waals surface area contributed by atoms with Gasteiger partial charge in [-0.3, -0.25) is 14.8 Å². The van der Waals surface area contributed by atoms with Crippen LogP contribution in [0, 0.1) is 0 Å². The average molecular weight is 372 g/mol. The summed E-state index contributed by atoms with van der Waals surface area (Å²) < 4.78 is 24.9. The number of carbonyl (C=O) groups is 1. The molecule has 1 fully saturated rings. The van der Waals surface area contributed by atoms with Gasteiger partial charge in [-0.1, -0.05) is 11.6 Å². The van der Waals surface area contributed by atoms with E-state index in [1.807, 2.05) is 5.38 Å². The molecule has 2 N–H and O–H groups in total. The molecule has 1 aromatic heterocycles. The minimum absolute atomic E-state index is 0.166. The van der Waals surface area contributed by atoms with Crippen LogP contribution in [-0.2, 0) is 10.0 Å². The van der Waals surface area contributed by atoms with E-state index in [-0.39, 0.29) is 16.6 Å². The maximum Gasteiger partial charge on any atom is 0.257 e. The molecule has 0 aliphatic heterocycles. The second-order valence-corrected chi connectivity index (χ2v) is 8.39. The van der Waals surface area contributed by atoms with Gasteiger partial charge < -0.3 is 0 Å². The minimum Gasteiger partial charge on any atom is -0.298 e. The van der Waals surface area contributed by atoms with Crippen LogP contribution in [0.4, 0.5) is 10.8 Å². The molecule has 1 amide bonds. The lowest BCUT2D eigenvalue weighted by atomic mass is 10.2. The largest absolute Gasteiger partial charge is 0.298 e. The zero-order valence-electron chi connectivity index (χ0n) is 12.2. The summed E-state index contributed by atoms with van der Waals surface area (Å²) in [6, 6.07) is 4.40. The van der Waals surface area contributed by atoms with Gasteiger partial charge in [0.15, 0.2) is 5.13 Å². The second kappa shape index (κ2) is 6.10. The fraction of sp³-hybridized carbons (Fsp3) is 0.286. The van der Waals surface area contributed by atoms with Crippen LogP contribution in [0.1, 0.15) is 34.8 Å². The summed E-state index contributed by atoms with van der Waals surface area (Å²) in [7, 11) is -3.48. The summed E-state index contributed by atoms with van der Waals surface area (Å²) in [4.78, 5) is 16.7. The number of rotatable bonds is 5. The van der Waals surface area contributed by atoms with Crippen molar-refractivity contribution in [2.45, 2.75) is 18.8 Å². The van der Waals surface area contributed by atoms with Gasteiger partial charge in [-0.25, -0.2) is 13.4 Å². The van der Waals surface area contributed by atoms with E-state index in [1.165, 1.54) is 29.5 Å². The van der Waals surface area contributed by atoms with Gasteiger partial charge >= 0.3 is 0 Å². The SMILES string of the molecule is CS(=O)(=O)Nc1cc(C(=O)Nc2nc(C3CC3)cs2)ccc1Cl. The predicted molar refractivity (Wildman–Crippen MR) is 92.0 cm³/mol. The van der Waals surface area contributed by atoms with E-state index >= 15 is 0 Å². The molecule has 1 aliphatic rings. The van der Waals surface area contributed by atoms with Crippen molar-refractivity contribution in [3.8, 4) is 0 Å². The Morgan fingerprint density at radius 3 is 2.78 bits per heavy atom. The number of hydrogen-bond donors (Lipinski definition) is 2. The van der Waals surface area contributed by atoms with Crippen LogP contribution in [0.25, 0.3) is 0 Å². The van der Waals surface area contributed by atoms with Crippen LogP contribution < -0.4 is 10.0 Å². The smallest absolute Gasteiger partial charge is 0.257 e. The van der Waals surface area contributed by atoms with Crippen molar-refractivity contribution >= 4 is 49.7 Å². The van der Waals surface area contributed by atoms with E-state index in [9.17, 15) is 13.2 Å². The molecule has 0 saturated heterocycles. The van der Waals surface area contributed by atoms with E-state index in [2.05, 4.69) is 15.0 Å². The molecule has 0 spiro atoms. The highest BCUT2D eigenvalue weighted by atomic mass is 35.5. The Morgan fingerprint density at radius 1 is 1.39 bits per heavy atom. The molecule has 0 atom stereocenters. The van der Waals surface area contributed by atoms with E-state index in [1.54, 1.807) is 0 Å². The molecule has 6 nitrogen and oxygen atoms in total. The van der Waals surface area contributed by atoms with Gasteiger partial charge in [-0.2, -0.15) is 0 Å². The number of halogens is 1.